The van der Waals surface area contributed by atoms with Gasteiger partial charge in [0.05, 0.1) is 0 Å². The molecule has 0 unspecified atom stereocenters. The molecule has 0 fully saturated rings. The molecule has 0 atom stereocenters. The maximum Gasteiger partial charge on any atom is 0.250 e. The van der Waals surface area contributed by atoms with Crippen molar-refractivity contribution >= 4 is 12.4 Å². The Morgan fingerprint density at radius 3 is 2.00 bits per heavy atom. The highest BCUT2D eigenvalue weighted by Gasteiger charge is 2.16. The molecule has 0 aliphatic rings. The quantitative estimate of drug-likeness (QED) is 0.469. The third-order valence-electron chi connectivity index (χ3n) is 1.48. The molecule has 1 rings (SSSR count). The van der Waals surface area contributed by atoms with Gasteiger partial charge in [-0.3, -0.25) is 4.57 Å². The topological polar surface area (TPSA) is 17.1 Å². The second kappa shape index (κ2) is 3.31. The van der Waals surface area contributed by atoms with E-state index < -0.39 is 7.14 Å². The van der Waals surface area contributed by atoms with Gasteiger partial charge in [0.1, 0.15) is 0 Å². The fourth-order valence-electron chi connectivity index (χ4n) is 0.824. The molecule has 0 bridgehead atoms. The first kappa shape index (κ1) is 8.66. The number of rotatable bonds is 1. The van der Waals surface area contributed by atoms with Crippen molar-refractivity contribution < 1.29 is 4.57 Å². The molecule has 12 heavy (non-hydrogen) atoms. The summed E-state index contributed by atoms with van der Waals surface area (Å²) in [5, 5.41) is 0.551. The van der Waals surface area contributed by atoms with E-state index in [0.717, 1.165) is 0 Å². The molecule has 0 saturated heterocycles. The molecule has 1 nitrogen and oxygen atoms in total. The summed E-state index contributed by atoms with van der Waals surface area (Å²) in [5.74, 6) is 0. The highest BCUT2D eigenvalue weighted by molar-refractivity contribution is 7.80. The molecule has 0 aliphatic heterocycles. The Morgan fingerprint density at radius 1 is 1.08 bits per heavy atom. The van der Waals surface area contributed by atoms with Crippen LogP contribution in [0.5, 0.6) is 0 Å². The zero-order valence-corrected chi connectivity index (χ0v) is 7.29. The van der Waals surface area contributed by atoms with Crippen LogP contribution >= 0.6 is 7.14 Å². The van der Waals surface area contributed by atoms with Crippen molar-refractivity contribution in [2.24, 2.45) is 0 Å². The molecule has 0 saturated carbocycles. The summed E-state index contributed by atoms with van der Waals surface area (Å²) in [7, 11) is -2.98. The van der Waals surface area contributed by atoms with Gasteiger partial charge in [-0.05, 0) is 23.5 Å². The van der Waals surface area contributed by atoms with Gasteiger partial charge in [-0.1, -0.05) is 18.2 Å². The molecule has 0 aromatic heterocycles. The van der Waals surface area contributed by atoms with Crippen LogP contribution in [0.4, 0.5) is 0 Å². The molecule has 0 amide bonds. The van der Waals surface area contributed by atoms with Gasteiger partial charge in [-0.15, -0.1) is 12.8 Å². The Kier molecular flexibility index (Phi) is 2.39. The van der Waals surface area contributed by atoms with Crippen LogP contribution in [0, 0.1) is 24.2 Å². The number of benzene rings is 1. The summed E-state index contributed by atoms with van der Waals surface area (Å²) in [4.78, 5) is 0. The predicted molar refractivity (Wildman–Crippen MR) is 51.3 cm³/mol. The minimum atomic E-state index is -2.98. The van der Waals surface area contributed by atoms with E-state index in [1.165, 1.54) is 0 Å². The van der Waals surface area contributed by atoms with Crippen molar-refractivity contribution in [3.8, 4) is 24.2 Å². The Bertz CT molecular complexity index is 374. The molecule has 0 heterocycles. The van der Waals surface area contributed by atoms with Crippen molar-refractivity contribution in [2.75, 3.05) is 0 Å². The van der Waals surface area contributed by atoms with Crippen LogP contribution in [0.2, 0.25) is 0 Å². The largest absolute Gasteiger partial charge is 0.291 e. The van der Waals surface area contributed by atoms with Crippen LogP contribution in [0.25, 0.3) is 0 Å². The summed E-state index contributed by atoms with van der Waals surface area (Å²) < 4.78 is 11.7. The molecule has 0 radical (unpaired) electrons. The predicted octanol–water partition coefficient (Wildman–Crippen LogP) is 1.86. The number of hydrogen-bond donors (Lipinski definition) is 0. The zero-order valence-electron chi connectivity index (χ0n) is 6.40. The summed E-state index contributed by atoms with van der Waals surface area (Å²) >= 11 is 0. The molecular weight excluding hydrogens is 167 g/mol. The van der Waals surface area contributed by atoms with E-state index in [9.17, 15) is 4.57 Å². The summed E-state index contributed by atoms with van der Waals surface area (Å²) in [6.07, 6.45) is 10.2. The first-order chi connectivity index (χ1) is 5.73. The first-order valence-electron chi connectivity index (χ1n) is 3.34. The SMILES string of the molecule is C#CP(=O)(C#C)c1ccccc1. The van der Waals surface area contributed by atoms with Gasteiger partial charge in [-0.25, -0.2) is 0 Å². The van der Waals surface area contributed by atoms with Crippen molar-refractivity contribution in [1.82, 2.24) is 0 Å². The van der Waals surface area contributed by atoms with Gasteiger partial charge in [0, 0.05) is 5.30 Å². The minimum Gasteiger partial charge on any atom is -0.291 e. The average Bonchev–Trinajstić information content (AvgIpc) is 2.18. The van der Waals surface area contributed by atoms with Gasteiger partial charge in [0.2, 0.25) is 7.14 Å². The minimum absolute atomic E-state index is 0.551. The molecule has 0 aliphatic carbocycles. The van der Waals surface area contributed by atoms with Crippen LogP contribution in [-0.4, -0.2) is 0 Å². The molecule has 58 valence electrons. The van der Waals surface area contributed by atoms with Gasteiger partial charge in [0.15, 0.2) is 0 Å². The number of hydrogen-bond acceptors (Lipinski definition) is 1. The van der Waals surface area contributed by atoms with Gasteiger partial charge < -0.3 is 0 Å². The third kappa shape index (κ3) is 1.42. The molecule has 1 aromatic rings. The number of terminal acetylenes is 2. The molecule has 1 aromatic carbocycles. The lowest BCUT2D eigenvalue weighted by Gasteiger charge is -2.02. The second-order valence-electron chi connectivity index (χ2n) is 2.20. The van der Waals surface area contributed by atoms with E-state index in [-0.39, 0.29) is 0 Å². The van der Waals surface area contributed by atoms with Crippen molar-refractivity contribution in [2.45, 2.75) is 0 Å². The Balaban J connectivity index is 3.27. The van der Waals surface area contributed by atoms with Crippen LogP contribution in [0.15, 0.2) is 30.3 Å². The summed E-state index contributed by atoms with van der Waals surface area (Å²) in [6, 6.07) is 8.70. The van der Waals surface area contributed by atoms with Crippen molar-refractivity contribution in [1.29, 1.82) is 0 Å². The lowest BCUT2D eigenvalue weighted by atomic mass is 10.4. The first-order valence-corrected chi connectivity index (χ1v) is 5.05. The summed E-state index contributed by atoms with van der Waals surface area (Å²) in [5.41, 5.74) is 4.33. The third-order valence-corrected chi connectivity index (χ3v) is 3.24. The van der Waals surface area contributed by atoms with Gasteiger partial charge in [-0.2, -0.15) is 0 Å². The Labute approximate surface area is 72.2 Å². The monoisotopic (exact) mass is 174 g/mol. The van der Waals surface area contributed by atoms with E-state index >= 15 is 0 Å². The lowest BCUT2D eigenvalue weighted by molar-refractivity contribution is 0.593. The highest BCUT2D eigenvalue weighted by atomic mass is 31.2. The normalized spacial score (nSPS) is 9.83. The van der Waals surface area contributed by atoms with Crippen molar-refractivity contribution in [3.63, 3.8) is 0 Å². The maximum absolute atomic E-state index is 11.7. The second-order valence-corrected chi connectivity index (χ2v) is 4.45. The average molecular weight is 174 g/mol. The van der Waals surface area contributed by atoms with Gasteiger partial charge in [0.25, 0.3) is 0 Å². The van der Waals surface area contributed by atoms with Gasteiger partial charge >= 0.3 is 0 Å². The summed E-state index contributed by atoms with van der Waals surface area (Å²) in [6.45, 7) is 0. The molecular formula is C10H7OP. The van der Waals surface area contributed by atoms with E-state index in [1.54, 1.807) is 24.3 Å². The van der Waals surface area contributed by atoms with E-state index in [1.807, 2.05) is 6.07 Å². The fourth-order valence-corrected chi connectivity index (χ4v) is 1.79. The Hall–Kier alpha value is -1.43. The van der Waals surface area contributed by atoms with E-state index in [0.29, 0.717) is 5.30 Å². The van der Waals surface area contributed by atoms with Crippen LogP contribution in [0.1, 0.15) is 0 Å². The van der Waals surface area contributed by atoms with E-state index in [2.05, 4.69) is 11.3 Å². The van der Waals surface area contributed by atoms with E-state index in [4.69, 9.17) is 12.8 Å². The zero-order chi connectivity index (χ0) is 9.03. The van der Waals surface area contributed by atoms with Crippen LogP contribution in [0.3, 0.4) is 0 Å². The fraction of sp³-hybridized carbons (Fsp3) is 0. The standard InChI is InChI=1S/C10H7OP/c1-3-12(11,4-2)10-8-6-5-7-9-10/h1-2,5-9H. The molecule has 0 N–H and O–H groups in total. The van der Waals surface area contributed by atoms with Crippen molar-refractivity contribution in [3.05, 3.63) is 30.3 Å². The lowest BCUT2D eigenvalue weighted by Crippen LogP contribution is -1.99. The highest BCUT2D eigenvalue weighted by Crippen LogP contribution is 2.40. The molecule has 0 spiro atoms. The van der Waals surface area contributed by atoms with Crippen LogP contribution < -0.4 is 5.30 Å². The maximum atomic E-state index is 11.7. The Morgan fingerprint density at radius 2 is 1.58 bits per heavy atom. The van der Waals surface area contributed by atoms with Crippen LogP contribution in [-0.2, 0) is 4.57 Å². The molecule has 2 heteroatoms. The smallest absolute Gasteiger partial charge is 0.250 e.